The van der Waals surface area contributed by atoms with Crippen LogP contribution in [0.2, 0.25) is 0 Å². The van der Waals surface area contributed by atoms with E-state index in [4.69, 9.17) is 10.9 Å². The first-order chi connectivity index (χ1) is 5.22. The maximum absolute atomic E-state index is 8.76. The van der Waals surface area contributed by atoms with E-state index in [1.807, 2.05) is 18.2 Å². The third kappa shape index (κ3) is 1.81. The summed E-state index contributed by atoms with van der Waals surface area (Å²) in [6, 6.07) is 9.04. The molecule has 0 aromatic heterocycles. The third-order valence-corrected chi connectivity index (χ3v) is 1.47. The van der Waals surface area contributed by atoms with Crippen LogP contribution in [0.3, 0.4) is 0 Å². The van der Waals surface area contributed by atoms with Gasteiger partial charge < -0.3 is 18.0 Å². The van der Waals surface area contributed by atoms with Crippen molar-refractivity contribution in [2.75, 3.05) is 0 Å². The predicted molar refractivity (Wildman–Crippen MR) is 44.2 cm³/mol. The quantitative estimate of drug-likeness (QED) is 0.158. The number of hydrogen-bond donors (Lipinski definition) is 2. The van der Waals surface area contributed by atoms with Crippen molar-refractivity contribution in [2.45, 2.75) is 0 Å². The average Bonchev–Trinajstić information content (AvgIpc) is 2.05. The molecule has 3 nitrogen and oxygen atoms in total. The van der Waals surface area contributed by atoms with Crippen molar-refractivity contribution in [2.24, 2.45) is 5.73 Å². The van der Waals surface area contributed by atoms with Gasteiger partial charge in [0.1, 0.15) is 0 Å². The Balaban J connectivity index is 3.04. The Hall–Kier alpha value is -1.29. The Morgan fingerprint density at radius 2 is 1.91 bits per heavy atom. The molecule has 0 aliphatic carbocycles. The van der Waals surface area contributed by atoms with Gasteiger partial charge in [-0.1, -0.05) is 18.2 Å². The molecule has 1 aromatic rings. The first-order valence-corrected chi connectivity index (χ1v) is 3.42. The van der Waals surface area contributed by atoms with Crippen molar-refractivity contribution in [1.82, 2.24) is 0 Å². The number of amidine groups is 1. The van der Waals surface area contributed by atoms with Gasteiger partial charge in [-0.15, -0.1) is 0 Å². The Kier molecular flexibility index (Phi) is 2.28. The molecule has 1 aromatic carbocycles. The maximum atomic E-state index is 8.76. The second-order valence-corrected chi connectivity index (χ2v) is 2.37. The number of hydrogen-bond acceptors (Lipinski definition) is 2. The topological polar surface area (TPSA) is 49.3 Å². The highest BCUT2D eigenvalue weighted by molar-refractivity contribution is 7.51. The van der Waals surface area contributed by atoms with Crippen molar-refractivity contribution in [1.29, 1.82) is 0 Å². The summed E-state index contributed by atoms with van der Waals surface area (Å²) in [5, 5.41) is 8.76. The lowest BCUT2D eigenvalue weighted by Gasteiger charge is -2.02. The summed E-state index contributed by atoms with van der Waals surface area (Å²) in [6.45, 7) is 0. The van der Waals surface area contributed by atoms with Crippen LogP contribution in [0.25, 0.3) is 0 Å². The summed E-state index contributed by atoms with van der Waals surface area (Å²) < 4.78 is 0.481. The minimum absolute atomic E-state index is 0.167. The van der Waals surface area contributed by atoms with Crippen LogP contribution >= 0.6 is 0 Å². The first-order valence-electron chi connectivity index (χ1n) is 3.06. The van der Waals surface area contributed by atoms with Gasteiger partial charge in [0.25, 0.3) is 5.84 Å². The molecule has 0 aliphatic heterocycles. The van der Waals surface area contributed by atoms with E-state index in [-0.39, 0.29) is 5.84 Å². The van der Waals surface area contributed by atoms with Crippen LogP contribution in [-0.2, 0) is 12.8 Å². The third-order valence-electron chi connectivity index (χ3n) is 1.28. The zero-order chi connectivity index (χ0) is 8.27. The van der Waals surface area contributed by atoms with E-state index < -0.39 is 0 Å². The zero-order valence-electron chi connectivity index (χ0n) is 5.77. The van der Waals surface area contributed by atoms with Crippen molar-refractivity contribution < 1.29 is 9.35 Å². The molecule has 0 saturated carbocycles. The lowest BCUT2D eigenvalue weighted by molar-refractivity contribution is -0.644. The standard InChI is InChI=1S/C7H8N2OS/c8-7(9(10)11)6-4-2-1-3-5-6/h1-5H,8H2,(H,10,11). The summed E-state index contributed by atoms with van der Waals surface area (Å²) in [5.74, 6) is 0.167. The minimum Gasteiger partial charge on any atom is -0.508 e. The number of nitrogens with two attached hydrogens (primary N) is 1. The largest absolute Gasteiger partial charge is 0.508 e. The van der Waals surface area contributed by atoms with Gasteiger partial charge in [-0.3, -0.25) is 5.73 Å². The van der Waals surface area contributed by atoms with Gasteiger partial charge in [-0.25, -0.2) is 0 Å². The fourth-order valence-corrected chi connectivity index (χ4v) is 0.825. The van der Waals surface area contributed by atoms with Gasteiger partial charge in [0.2, 0.25) is 0 Å². The van der Waals surface area contributed by atoms with Crippen molar-refractivity contribution in [3.05, 3.63) is 35.9 Å². The molecule has 0 heterocycles. The van der Waals surface area contributed by atoms with Gasteiger partial charge in [0, 0.05) is 0 Å². The average molecular weight is 168 g/mol. The van der Waals surface area contributed by atoms with Gasteiger partial charge in [-0.2, -0.15) is 4.14 Å². The second kappa shape index (κ2) is 3.21. The molecule has 0 saturated heterocycles. The van der Waals surface area contributed by atoms with Crippen LogP contribution in [0.4, 0.5) is 0 Å². The van der Waals surface area contributed by atoms with Gasteiger partial charge in [0.05, 0.1) is 5.56 Å². The van der Waals surface area contributed by atoms with Crippen LogP contribution < -0.4 is 5.73 Å². The van der Waals surface area contributed by atoms with Crippen LogP contribution in [0.15, 0.2) is 30.3 Å². The highest BCUT2D eigenvalue weighted by Crippen LogP contribution is 1.96. The van der Waals surface area contributed by atoms with E-state index in [2.05, 4.69) is 12.8 Å². The van der Waals surface area contributed by atoms with Crippen molar-refractivity contribution >= 4 is 18.7 Å². The van der Waals surface area contributed by atoms with E-state index in [1.165, 1.54) is 0 Å². The van der Waals surface area contributed by atoms with Gasteiger partial charge >= 0.3 is 0 Å². The molecule has 0 amide bonds. The van der Waals surface area contributed by atoms with E-state index in [0.717, 1.165) is 0 Å². The normalized spacial score (nSPS) is 12.4. The summed E-state index contributed by atoms with van der Waals surface area (Å²) in [5.41, 5.74) is 6.14. The van der Waals surface area contributed by atoms with Gasteiger partial charge in [0.15, 0.2) is 0 Å². The smallest absolute Gasteiger partial charge is 0.296 e. The molecule has 0 unspecified atom stereocenters. The molecule has 0 radical (unpaired) electrons. The molecule has 4 heteroatoms. The Morgan fingerprint density at radius 3 is 2.36 bits per heavy atom. The second-order valence-electron chi connectivity index (χ2n) is 2.02. The van der Waals surface area contributed by atoms with Crippen LogP contribution in [-0.4, -0.2) is 15.2 Å². The van der Waals surface area contributed by atoms with E-state index in [9.17, 15) is 0 Å². The van der Waals surface area contributed by atoms with Crippen LogP contribution in [0, 0.1) is 0 Å². The minimum atomic E-state index is 0.167. The molecular weight excluding hydrogens is 160 g/mol. The first kappa shape index (κ1) is 7.81. The summed E-state index contributed by atoms with van der Waals surface area (Å²) in [7, 11) is 0. The SMILES string of the molecule is NC(c1ccccc1)=[N+](O)[S-]. The van der Waals surface area contributed by atoms with E-state index >= 15 is 0 Å². The Morgan fingerprint density at radius 1 is 1.36 bits per heavy atom. The molecule has 0 fully saturated rings. The Labute approximate surface area is 70.3 Å². The Bertz CT molecular complexity index is 267. The molecule has 58 valence electrons. The molecule has 0 atom stereocenters. The molecule has 3 N–H and O–H groups in total. The number of rotatable bonds is 1. The van der Waals surface area contributed by atoms with Crippen LogP contribution in [0.1, 0.15) is 5.56 Å². The summed E-state index contributed by atoms with van der Waals surface area (Å²) in [6.07, 6.45) is 0. The highest BCUT2D eigenvalue weighted by atomic mass is 32.1. The highest BCUT2D eigenvalue weighted by Gasteiger charge is 2.01. The van der Waals surface area contributed by atoms with E-state index in [0.29, 0.717) is 9.71 Å². The molecule has 11 heavy (non-hydrogen) atoms. The number of nitrogens with zero attached hydrogens (tertiary/aromatic N) is 1. The lowest BCUT2D eigenvalue weighted by Crippen LogP contribution is -2.23. The zero-order valence-corrected chi connectivity index (χ0v) is 6.58. The monoisotopic (exact) mass is 168 g/mol. The fraction of sp³-hybridized carbons (Fsp3) is 0. The number of benzene rings is 1. The van der Waals surface area contributed by atoms with Gasteiger partial charge in [-0.05, 0) is 12.1 Å². The molecule has 1 rings (SSSR count). The molecule has 0 spiro atoms. The fourth-order valence-electron chi connectivity index (χ4n) is 0.719. The maximum Gasteiger partial charge on any atom is 0.296 e. The molecular formula is C7H8N2OS. The predicted octanol–water partition coefficient (Wildman–Crippen LogP) is 0.256. The van der Waals surface area contributed by atoms with Crippen LogP contribution in [0.5, 0.6) is 0 Å². The summed E-state index contributed by atoms with van der Waals surface area (Å²) in [4.78, 5) is 0. The lowest BCUT2D eigenvalue weighted by atomic mass is 10.2. The molecule has 0 aliphatic rings. The van der Waals surface area contributed by atoms with Crippen molar-refractivity contribution in [3.63, 3.8) is 0 Å². The summed E-state index contributed by atoms with van der Waals surface area (Å²) >= 11 is 4.41. The van der Waals surface area contributed by atoms with E-state index in [1.54, 1.807) is 12.1 Å². The molecule has 0 bridgehead atoms. The van der Waals surface area contributed by atoms with Crippen molar-refractivity contribution in [3.8, 4) is 0 Å².